The highest BCUT2D eigenvalue weighted by Crippen LogP contribution is 2.36. The lowest BCUT2D eigenvalue weighted by Gasteiger charge is -2.30. The lowest BCUT2D eigenvalue weighted by Crippen LogP contribution is -2.26. The smallest absolute Gasteiger partial charge is 0.127 e. The lowest BCUT2D eigenvalue weighted by molar-refractivity contribution is 0.299. The van der Waals surface area contributed by atoms with Crippen molar-refractivity contribution in [3.8, 4) is 0 Å². The van der Waals surface area contributed by atoms with Crippen LogP contribution in [0.3, 0.4) is 0 Å². The second-order valence-corrected chi connectivity index (χ2v) is 6.40. The van der Waals surface area contributed by atoms with Gasteiger partial charge in [0.2, 0.25) is 0 Å². The van der Waals surface area contributed by atoms with Crippen molar-refractivity contribution < 1.29 is 4.39 Å². The summed E-state index contributed by atoms with van der Waals surface area (Å²) in [5, 5.41) is 3.97. The molecule has 1 N–H and O–H groups in total. The predicted molar refractivity (Wildman–Crippen MR) is 83.8 cm³/mol. The van der Waals surface area contributed by atoms with Gasteiger partial charge in [-0.1, -0.05) is 49.8 Å². The Labute approximate surface area is 126 Å². The average molecular weight is 298 g/mol. The van der Waals surface area contributed by atoms with Crippen molar-refractivity contribution in [1.29, 1.82) is 0 Å². The standard InChI is InChI=1S/C17H25ClFN/c1-12-10-14(15(18)11-16(12)19)17(20-2)13-8-6-4-3-5-7-9-13/h10-11,13,17,20H,3-9H2,1-2H3. The maximum Gasteiger partial charge on any atom is 0.127 e. The molecule has 20 heavy (non-hydrogen) atoms. The monoisotopic (exact) mass is 297 g/mol. The van der Waals surface area contributed by atoms with Crippen LogP contribution < -0.4 is 5.32 Å². The van der Waals surface area contributed by atoms with Crippen LogP contribution in [-0.2, 0) is 0 Å². The summed E-state index contributed by atoms with van der Waals surface area (Å²) in [6, 6.07) is 3.61. The molecule has 1 unspecified atom stereocenters. The van der Waals surface area contributed by atoms with E-state index in [0.717, 1.165) is 5.56 Å². The Morgan fingerprint density at radius 1 is 1.15 bits per heavy atom. The molecule has 0 saturated heterocycles. The molecule has 112 valence electrons. The summed E-state index contributed by atoms with van der Waals surface area (Å²) in [5.41, 5.74) is 1.73. The van der Waals surface area contributed by atoms with E-state index in [4.69, 9.17) is 11.6 Å². The van der Waals surface area contributed by atoms with E-state index in [-0.39, 0.29) is 11.9 Å². The van der Waals surface area contributed by atoms with E-state index in [1.807, 2.05) is 13.1 Å². The maximum atomic E-state index is 13.6. The van der Waals surface area contributed by atoms with E-state index in [2.05, 4.69) is 5.32 Å². The van der Waals surface area contributed by atoms with E-state index < -0.39 is 0 Å². The molecule has 0 aromatic heterocycles. The van der Waals surface area contributed by atoms with Crippen LogP contribution in [0.2, 0.25) is 5.02 Å². The van der Waals surface area contributed by atoms with Crippen LogP contribution in [-0.4, -0.2) is 7.05 Å². The second-order valence-electron chi connectivity index (χ2n) is 5.99. The molecular weight excluding hydrogens is 273 g/mol. The number of benzene rings is 1. The zero-order valence-corrected chi connectivity index (χ0v) is 13.3. The summed E-state index contributed by atoms with van der Waals surface area (Å²) in [4.78, 5) is 0. The van der Waals surface area contributed by atoms with Gasteiger partial charge in [0.25, 0.3) is 0 Å². The topological polar surface area (TPSA) is 12.0 Å². The Bertz CT molecular complexity index is 439. The van der Waals surface area contributed by atoms with Crippen LogP contribution in [0.1, 0.15) is 62.1 Å². The van der Waals surface area contributed by atoms with E-state index >= 15 is 0 Å². The molecule has 0 bridgehead atoms. The Morgan fingerprint density at radius 3 is 2.35 bits per heavy atom. The third-order valence-electron chi connectivity index (χ3n) is 4.55. The molecule has 0 heterocycles. The Morgan fingerprint density at radius 2 is 1.75 bits per heavy atom. The minimum absolute atomic E-state index is 0.216. The van der Waals surface area contributed by atoms with Gasteiger partial charge < -0.3 is 5.32 Å². The van der Waals surface area contributed by atoms with Gasteiger partial charge in [0.15, 0.2) is 0 Å². The molecule has 0 amide bonds. The number of nitrogens with one attached hydrogen (secondary N) is 1. The van der Waals surface area contributed by atoms with Gasteiger partial charge in [0.1, 0.15) is 5.82 Å². The Balaban J connectivity index is 2.24. The molecular formula is C17H25ClFN. The van der Waals surface area contributed by atoms with E-state index in [1.165, 1.54) is 51.0 Å². The van der Waals surface area contributed by atoms with E-state index in [0.29, 0.717) is 16.5 Å². The molecule has 1 nitrogen and oxygen atoms in total. The van der Waals surface area contributed by atoms with Crippen LogP contribution in [0.4, 0.5) is 4.39 Å². The zero-order chi connectivity index (χ0) is 14.5. The predicted octanol–water partition coefficient (Wildman–Crippen LogP) is 5.41. The SMILES string of the molecule is CNC(c1cc(C)c(F)cc1Cl)C1CCCCCCC1. The van der Waals surface area contributed by atoms with Crippen molar-refractivity contribution in [3.63, 3.8) is 0 Å². The third kappa shape index (κ3) is 3.73. The number of aryl methyl sites for hydroxylation is 1. The van der Waals surface area contributed by atoms with Gasteiger partial charge in [-0.05, 0) is 49.9 Å². The highest BCUT2D eigenvalue weighted by atomic mass is 35.5. The second kappa shape index (κ2) is 7.42. The van der Waals surface area contributed by atoms with Crippen LogP contribution in [0.25, 0.3) is 0 Å². The fourth-order valence-corrected chi connectivity index (χ4v) is 3.65. The average Bonchev–Trinajstić information content (AvgIpc) is 2.38. The molecule has 2 rings (SSSR count). The number of halogens is 2. The zero-order valence-electron chi connectivity index (χ0n) is 12.5. The quantitative estimate of drug-likeness (QED) is 0.786. The molecule has 1 aliphatic carbocycles. The van der Waals surface area contributed by atoms with Gasteiger partial charge in [-0.15, -0.1) is 0 Å². The van der Waals surface area contributed by atoms with Gasteiger partial charge in [-0.3, -0.25) is 0 Å². The van der Waals surface area contributed by atoms with Crippen molar-refractivity contribution in [2.75, 3.05) is 7.05 Å². The molecule has 0 aliphatic heterocycles. The van der Waals surface area contributed by atoms with Crippen molar-refractivity contribution in [1.82, 2.24) is 5.32 Å². The summed E-state index contributed by atoms with van der Waals surface area (Å²) in [7, 11) is 1.98. The first kappa shape index (κ1) is 15.8. The van der Waals surface area contributed by atoms with Crippen molar-refractivity contribution in [2.24, 2.45) is 5.92 Å². The highest BCUT2D eigenvalue weighted by Gasteiger charge is 2.24. The van der Waals surface area contributed by atoms with Crippen LogP contribution >= 0.6 is 11.6 Å². The number of hydrogen-bond acceptors (Lipinski definition) is 1. The maximum absolute atomic E-state index is 13.6. The van der Waals surface area contributed by atoms with Gasteiger partial charge in [0, 0.05) is 11.1 Å². The molecule has 1 fully saturated rings. The van der Waals surface area contributed by atoms with Gasteiger partial charge in [-0.25, -0.2) is 4.39 Å². The lowest BCUT2D eigenvalue weighted by atomic mass is 9.82. The largest absolute Gasteiger partial charge is 0.313 e. The molecule has 3 heteroatoms. The molecule has 0 radical (unpaired) electrons. The normalized spacial score (nSPS) is 19.4. The summed E-state index contributed by atoms with van der Waals surface area (Å²) >= 11 is 6.29. The highest BCUT2D eigenvalue weighted by molar-refractivity contribution is 6.31. The van der Waals surface area contributed by atoms with Gasteiger partial charge in [-0.2, -0.15) is 0 Å². The first-order valence-corrected chi connectivity index (χ1v) is 8.14. The van der Waals surface area contributed by atoms with Gasteiger partial charge >= 0.3 is 0 Å². The summed E-state index contributed by atoms with van der Waals surface area (Å²) in [6.45, 7) is 1.81. The summed E-state index contributed by atoms with van der Waals surface area (Å²) in [6.07, 6.45) is 9.09. The van der Waals surface area contributed by atoms with Crippen LogP contribution in [0, 0.1) is 18.7 Å². The van der Waals surface area contributed by atoms with Crippen LogP contribution in [0.15, 0.2) is 12.1 Å². The van der Waals surface area contributed by atoms with Crippen molar-refractivity contribution in [3.05, 3.63) is 34.1 Å². The van der Waals surface area contributed by atoms with Crippen molar-refractivity contribution in [2.45, 2.75) is 57.9 Å². The van der Waals surface area contributed by atoms with Crippen molar-refractivity contribution >= 4 is 11.6 Å². The van der Waals surface area contributed by atoms with Gasteiger partial charge in [0.05, 0.1) is 0 Å². The minimum atomic E-state index is -0.216. The fourth-order valence-electron chi connectivity index (χ4n) is 3.38. The van der Waals surface area contributed by atoms with E-state index in [1.54, 1.807) is 6.92 Å². The van der Waals surface area contributed by atoms with Crippen LogP contribution in [0.5, 0.6) is 0 Å². The molecule has 1 aromatic carbocycles. The Kier molecular flexibility index (Phi) is 5.86. The minimum Gasteiger partial charge on any atom is -0.313 e. The molecule has 1 aromatic rings. The summed E-state index contributed by atoms with van der Waals surface area (Å²) in [5.74, 6) is 0.383. The number of hydrogen-bond donors (Lipinski definition) is 1. The fraction of sp³-hybridized carbons (Fsp3) is 0.647. The molecule has 1 atom stereocenters. The molecule has 1 aliphatic rings. The number of rotatable bonds is 3. The first-order chi connectivity index (χ1) is 9.63. The van der Waals surface area contributed by atoms with E-state index in [9.17, 15) is 4.39 Å². The molecule has 0 spiro atoms. The Hall–Kier alpha value is -0.600. The summed E-state index contributed by atoms with van der Waals surface area (Å²) < 4.78 is 13.6. The third-order valence-corrected chi connectivity index (χ3v) is 4.87. The first-order valence-electron chi connectivity index (χ1n) is 7.76. The molecule has 1 saturated carbocycles.